The minimum Gasteiger partial charge on any atom is -0.250 e. The van der Waals surface area contributed by atoms with E-state index in [-0.39, 0.29) is 0 Å². The van der Waals surface area contributed by atoms with E-state index in [0.29, 0.717) is 6.04 Å². The monoisotopic (exact) mass is 218 g/mol. The predicted molar refractivity (Wildman–Crippen MR) is 68.0 cm³/mol. The van der Waals surface area contributed by atoms with Crippen molar-refractivity contribution in [3.8, 4) is 0 Å². The topological polar surface area (TPSA) is 15.3 Å². The van der Waals surface area contributed by atoms with Crippen molar-refractivity contribution in [3.05, 3.63) is 35.4 Å². The fraction of sp³-hybridized carbons (Fsp3) is 0.571. The van der Waals surface area contributed by atoms with Gasteiger partial charge in [-0.25, -0.2) is 5.01 Å². The molecule has 1 saturated heterocycles. The number of hydrogen-bond donors (Lipinski definition) is 1. The van der Waals surface area contributed by atoms with E-state index in [1.807, 2.05) is 0 Å². The lowest BCUT2D eigenvalue weighted by Crippen LogP contribution is -2.63. The Labute approximate surface area is 98.6 Å². The first-order valence-corrected chi connectivity index (χ1v) is 6.28. The summed E-state index contributed by atoms with van der Waals surface area (Å²) in [5, 5.41) is 2.30. The predicted octanol–water partition coefficient (Wildman–Crippen LogP) is 2.59. The van der Waals surface area contributed by atoms with Crippen LogP contribution in [-0.4, -0.2) is 17.6 Å². The van der Waals surface area contributed by atoms with Gasteiger partial charge < -0.3 is 0 Å². The number of rotatable bonds is 4. The summed E-state index contributed by atoms with van der Waals surface area (Å²) in [6.07, 6.45) is 1.12. The lowest BCUT2D eigenvalue weighted by molar-refractivity contribution is 0.0120. The van der Waals surface area contributed by atoms with Crippen molar-refractivity contribution in [2.45, 2.75) is 39.8 Å². The normalized spacial score (nSPS) is 21.1. The Hall–Kier alpha value is -0.860. The summed E-state index contributed by atoms with van der Waals surface area (Å²) in [4.78, 5) is 0. The van der Waals surface area contributed by atoms with Crippen molar-refractivity contribution in [1.29, 1.82) is 0 Å². The Kier molecular flexibility index (Phi) is 3.62. The van der Waals surface area contributed by atoms with Gasteiger partial charge in [-0.3, -0.25) is 5.43 Å². The summed E-state index contributed by atoms with van der Waals surface area (Å²) in [7, 11) is 0. The van der Waals surface area contributed by atoms with Gasteiger partial charge in [-0.2, -0.15) is 0 Å². The van der Waals surface area contributed by atoms with E-state index in [4.69, 9.17) is 0 Å². The molecule has 0 unspecified atom stereocenters. The number of nitrogens with zero attached hydrogens (tertiary/aromatic N) is 1. The zero-order chi connectivity index (χ0) is 11.5. The molecule has 0 amide bonds. The molecule has 0 saturated carbocycles. The molecule has 1 heterocycles. The zero-order valence-corrected chi connectivity index (χ0v) is 10.5. The molecule has 0 aromatic heterocycles. The first-order valence-electron chi connectivity index (χ1n) is 6.28. The third-order valence-corrected chi connectivity index (χ3v) is 3.37. The van der Waals surface area contributed by atoms with E-state index in [1.54, 1.807) is 0 Å². The van der Waals surface area contributed by atoms with Gasteiger partial charge in [-0.1, -0.05) is 45.0 Å². The van der Waals surface area contributed by atoms with Crippen LogP contribution in [0.15, 0.2) is 24.3 Å². The van der Waals surface area contributed by atoms with Crippen LogP contribution in [0.5, 0.6) is 0 Å². The molecule has 0 radical (unpaired) electrons. The SMILES string of the molecule is CCc1ccc(CN2C[C@H](C(C)C)N2)cc1. The van der Waals surface area contributed by atoms with Crippen LogP contribution in [0.4, 0.5) is 0 Å². The highest BCUT2D eigenvalue weighted by atomic mass is 15.6. The average molecular weight is 218 g/mol. The second-order valence-corrected chi connectivity index (χ2v) is 5.03. The van der Waals surface area contributed by atoms with Crippen molar-refractivity contribution < 1.29 is 0 Å². The summed E-state index contributed by atoms with van der Waals surface area (Å²) in [6.45, 7) is 8.93. The molecular weight excluding hydrogens is 196 g/mol. The minimum absolute atomic E-state index is 0.676. The summed E-state index contributed by atoms with van der Waals surface area (Å²) >= 11 is 0. The Morgan fingerprint density at radius 3 is 2.31 bits per heavy atom. The van der Waals surface area contributed by atoms with Gasteiger partial charge in [0.2, 0.25) is 0 Å². The number of hydrazine groups is 1. The molecule has 2 nitrogen and oxygen atoms in total. The largest absolute Gasteiger partial charge is 0.250 e. The second-order valence-electron chi connectivity index (χ2n) is 5.03. The molecule has 1 fully saturated rings. The standard InChI is InChI=1S/C14H22N2/c1-4-12-5-7-13(8-6-12)9-16-10-14(15-16)11(2)3/h5-8,11,14-15H,4,9-10H2,1-3H3/t14-/m1/s1. The number of benzene rings is 1. The van der Waals surface area contributed by atoms with Crippen molar-refractivity contribution in [2.24, 2.45) is 5.92 Å². The van der Waals surface area contributed by atoms with E-state index in [2.05, 4.69) is 55.5 Å². The van der Waals surface area contributed by atoms with Gasteiger partial charge in [-0.05, 0) is 23.5 Å². The van der Waals surface area contributed by atoms with Crippen molar-refractivity contribution in [3.63, 3.8) is 0 Å². The van der Waals surface area contributed by atoms with E-state index >= 15 is 0 Å². The molecule has 1 aromatic carbocycles. The molecule has 2 rings (SSSR count). The van der Waals surface area contributed by atoms with Gasteiger partial charge in [0, 0.05) is 19.1 Å². The fourth-order valence-electron chi connectivity index (χ4n) is 2.02. The van der Waals surface area contributed by atoms with Gasteiger partial charge >= 0.3 is 0 Å². The highest BCUT2D eigenvalue weighted by Gasteiger charge is 2.27. The molecule has 88 valence electrons. The second kappa shape index (κ2) is 4.98. The van der Waals surface area contributed by atoms with E-state index < -0.39 is 0 Å². The lowest BCUT2D eigenvalue weighted by atomic mass is 10.0. The van der Waals surface area contributed by atoms with Crippen LogP contribution >= 0.6 is 0 Å². The summed E-state index contributed by atoms with van der Waals surface area (Å²) in [5.74, 6) is 0.735. The van der Waals surface area contributed by atoms with Crippen molar-refractivity contribution >= 4 is 0 Å². The molecule has 1 N–H and O–H groups in total. The molecule has 1 aromatic rings. The van der Waals surface area contributed by atoms with E-state index in [1.165, 1.54) is 17.7 Å². The third kappa shape index (κ3) is 2.63. The van der Waals surface area contributed by atoms with Gasteiger partial charge in [0.15, 0.2) is 0 Å². The maximum absolute atomic E-state index is 3.49. The quantitative estimate of drug-likeness (QED) is 0.835. The van der Waals surface area contributed by atoms with Crippen LogP contribution in [0, 0.1) is 5.92 Å². The van der Waals surface area contributed by atoms with Gasteiger partial charge in [0.25, 0.3) is 0 Å². The average Bonchev–Trinajstić information content (AvgIpc) is 2.23. The molecule has 0 spiro atoms. The van der Waals surface area contributed by atoms with E-state index in [9.17, 15) is 0 Å². The molecule has 1 atom stereocenters. The van der Waals surface area contributed by atoms with Gasteiger partial charge in [0.05, 0.1) is 0 Å². The van der Waals surface area contributed by atoms with Crippen molar-refractivity contribution in [2.75, 3.05) is 6.54 Å². The zero-order valence-electron chi connectivity index (χ0n) is 10.5. The van der Waals surface area contributed by atoms with Crippen LogP contribution in [-0.2, 0) is 13.0 Å². The highest BCUT2D eigenvalue weighted by molar-refractivity contribution is 5.22. The Morgan fingerprint density at radius 1 is 1.25 bits per heavy atom. The molecule has 1 aliphatic heterocycles. The molecular formula is C14H22N2. The van der Waals surface area contributed by atoms with Gasteiger partial charge in [-0.15, -0.1) is 0 Å². The molecule has 2 heteroatoms. The van der Waals surface area contributed by atoms with E-state index in [0.717, 1.165) is 18.9 Å². The molecule has 16 heavy (non-hydrogen) atoms. The first kappa shape index (κ1) is 11.6. The molecule has 0 bridgehead atoms. The van der Waals surface area contributed by atoms with Crippen molar-refractivity contribution in [1.82, 2.24) is 10.4 Å². The Balaban J connectivity index is 1.82. The fourth-order valence-corrected chi connectivity index (χ4v) is 2.02. The van der Waals surface area contributed by atoms with Crippen LogP contribution in [0.3, 0.4) is 0 Å². The van der Waals surface area contributed by atoms with Crippen LogP contribution < -0.4 is 5.43 Å². The summed E-state index contributed by atoms with van der Waals surface area (Å²) in [5.41, 5.74) is 6.30. The first-order chi connectivity index (χ1) is 7.69. The maximum Gasteiger partial charge on any atom is 0.0382 e. The van der Waals surface area contributed by atoms with Gasteiger partial charge in [0.1, 0.15) is 0 Å². The molecule has 1 aliphatic rings. The maximum atomic E-state index is 3.49. The Morgan fingerprint density at radius 2 is 1.81 bits per heavy atom. The number of aryl methyl sites for hydroxylation is 1. The minimum atomic E-state index is 0.676. The Bertz CT molecular complexity index is 323. The van der Waals surface area contributed by atoms with Crippen LogP contribution in [0.1, 0.15) is 31.9 Å². The number of nitrogens with one attached hydrogen (secondary N) is 1. The van der Waals surface area contributed by atoms with Crippen LogP contribution in [0.2, 0.25) is 0 Å². The summed E-state index contributed by atoms with van der Waals surface area (Å²) in [6, 6.07) is 9.62. The number of hydrogen-bond acceptors (Lipinski definition) is 2. The smallest absolute Gasteiger partial charge is 0.0382 e. The third-order valence-electron chi connectivity index (χ3n) is 3.37. The summed E-state index contributed by atoms with van der Waals surface area (Å²) < 4.78 is 0. The molecule has 0 aliphatic carbocycles. The van der Waals surface area contributed by atoms with Crippen LogP contribution in [0.25, 0.3) is 0 Å². The lowest BCUT2D eigenvalue weighted by Gasteiger charge is -2.42. The highest BCUT2D eigenvalue weighted by Crippen LogP contribution is 2.15.